The maximum absolute atomic E-state index is 11.4. The van der Waals surface area contributed by atoms with Gasteiger partial charge in [-0.15, -0.1) is 0 Å². The summed E-state index contributed by atoms with van der Waals surface area (Å²) in [6.45, 7) is 5.27. The van der Waals surface area contributed by atoms with Crippen LogP contribution in [0.4, 0.5) is 0 Å². The van der Waals surface area contributed by atoms with Crippen molar-refractivity contribution in [2.45, 2.75) is 32.6 Å². The minimum absolute atomic E-state index is 0.196. The van der Waals surface area contributed by atoms with Crippen LogP contribution in [-0.4, -0.2) is 37.0 Å². The molecule has 0 aromatic rings. The van der Waals surface area contributed by atoms with Gasteiger partial charge in [0.15, 0.2) is 0 Å². The van der Waals surface area contributed by atoms with E-state index >= 15 is 0 Å². The first-order valence-corrected chi connectivity index (χ1v) is 7.53. The van der Waals surface area contributed by atoms with Gasteiger partial charge in [0.1, 0.15) is 0 Å². The lowest BCUT2D eigenvalue weighted by molar-refractivity contribution is -0.118. The molecule has 1 aliphatic rings. The third-order valence-corrected chi connectivity index (χ3v) is 4.02. The van der Waals surface area contributed by atoms with E-state index in [0.29, 0.717) is 5.75 Å². The molecular weight excluding hydrogens is 220 g/mol. The van der Waals surface area contributed by atoms with Gasteiger partial charge in [0.2, 0.25) is 5.91 Å². The van der Waals surface area contributed by atoms with Gasteiger partial charge >= 0.3 is 0 Å². The molecule has 1 aliphatic heterocycles. The molecule has 94 valence electrons. The summed E-state index contributed by atoms with van der Waals surface area (Å²) in [6, 6.07) is 0. The fourth-order valence-corrected chi connectivity index (χ4v) is 2.67. The summed E-state index contributed by atoms with van der Waals surface area (Å²) in [4.78, 5) is 11.4. The first kappa shape index (κ1) is 13.8. The second kappa shape index (κ2) is 8.88. The summed E-state index contributed by atoms with van der Waals surface area (Å²) < 4.78 is 0. The van der Waals surface area contributed by atoms with E-state index in [0.717, 1.165) is 44.1 Å². The van der Waals surface area contributed by atoms with Crippen LogP contribution < -0.4 is 10.6 Å². The molecule has 0 aromatic carbocycles. The van der Waals surface area contributed by atoms with Crippen LogP contribution in [0, 0.1) is 5.92 Å². The molecule has 0 saturated carbocycles. The Bertz CT molecular complexity index is 193. The zero-order valence-corrected chi connectivity index (χ0v) is 11.1. The van der Waals surface area contributed by atoms with Crippen LogP contribution in [0.1, 0.15) is 32.6 Å². The Kier molecular flexibility index (Phi) is 7.68. The number of piperidine rings is 1. The van der Waals surface area contributed by atoms with E-state index in [-0.39, 0.29) is 5.91 Å². The molecule has 1 atom stereocenters. The molecule has 1 rings (SSSR count). The predicted molar refractivity (Wildman–Crippen MR) is 70.8 cm³/mol. The summed E-state index contributed by atoms with van der Waals surface area (Å²) in [5.41, 5.74) is 0. The second-order valence-corrected chi connectivity index (χ2v) is 5.51. The van der Waals surface area contributed by atoms with E-state index < -0.39 is 0 Å². The van der Waals surface area contributed by atoms with Gasteiger partial charge in [-0.05, 0) is 50.4 Å². The average molecular weight is 244 g/mol. The number of rotatable bonds is 7. The molecule has 1 fully saturated rings. The van der Waals surface area contributed by atoms with Gasteiger partial charge in [0.25, 0.3) is 0 Å². The molecular formula is C12H24N2OS. The summed E-state index contributed by atoms with van der Waals surface area (Å²) in [7, 11) is 0. The molecule has 2 N–H and O–H groups in total. The lowest BCUT2D eigenvalue weighted by Crippen LogP contribution is -2.33. The number of hydrogen-bond donors (Lipinski definition) is 2. The lowest BCUT2D eigenvalue weighted by atomic mass is 9.96. The zero-order valence-electron chi connectivity index (χ0n) is 10.3. The van der Waals surface area contributed by atoms with Crippen molar-refractivity contribution in [3.8, 4) is 0 Å². The van der Waals surface area contributed by atoms with E-state index in [2.05, 4.69) is 17.6 Å². The van der Waals surface area contributed by atoms with E-state index in [1.54, 1.807) is 11.8 Å². The van der Waals surface area contributed by atoms with Crippen molar-refractivity contribution in [2.75, 3.05) is 31.1 Å². The van der Waals surface area contributed by atoms with Crippen LogP contribution in [0.5, 0.6) is 0 Å². The Balaban J connectivity index is 1.94. The molecule has 3 nitrogen and oxygen atoms in total. The Morgan fingerprint density at radius 2 is 2.44 bits per heavy atom. The van der Waals surface area contributed by atoms with E-state index in [1.807, 2.05) is 0 Å². The standard InChI is InChI=1S/C12H24N2OS/c1-2-8-16-10-12(15)14-7-5-11-4-3-6-13-9-11/h11,13H,2-10H2,1H3,(H,14,15). The highest BCUT2D eigenvalue weighted by molar-refractivity contribution is 7.99. The zero-order chi connectivity index (χ0) is 11.6. The van der Waals surface area contributed by atoms with Crippen molar-refractivity contribution in [3.05, 3.63) is 0 Å². The van der Waals surface area contributed by atoms with Crippen molar-refractivity contribution in [1.82, 2.24) is 10.6 Å². The number of amides is 1. The summed E-state index contributed by atoms with van der Waals surface area (Å²) in [5, 5.41) is 6.40. The van der Waals surface area contributed by atoms with E-state index in [9.17, 15) is 4.79 Å². The van der Waals surface area contributed by atoms with Crippen molar-refractivity contribution >= 4 is 17.7 Å². The Hall–Kier alpha value is -0.220. The molecule has 1 unspecified atom stereocenters. The highest BCUT2D eigenvalue weighted by Gasteiger charge is 2.12. The molecule has 0 aromatic heterocycles. The quantitative estimate of drug-likeness (QED) is 0.669. The van der Waals surface area contributed by atoms with Gasteiger partial charge in [0.05, 0.1) is 5.75 Å². The number of carbonyl (C=O) groups excluding carboxylic acids is 1. The summed E-state index contributed by atoms with van der Waals surface area (Å²) >= 11 is 1.72. The fraction of sp³-hybridized carbons (Fsp3) is 0.917. The van der Waals surface area contributed by atoms with Crippen LogP contribution in [0.2, 0.25) is 0 Å². The Labute approximate surface area is 103 Å². The predicted octanol–water partition coefficient (Wildman–Crippen LogP) is 1.64. The lowest BCUT2D eigenvalue weighted by Gasteiger charge is -2.22. The fourth-order valence-electron chi connectivity index (χ4n) is 1.95. The third kappa shape index (κ3) is 6.38. The Morgan fingerprint density at radius 3 is 3.12 bits per heavy atom. The van der Waals surface area contributed by atoms with E-state index in [1.165, 1.54) is 12.8 Å². The van der Waals surface area contributed by atoms with Crippen molar-refractivity contribution in [3.63, 3.8) is 0 Å². The van der Waals surface area contributed by atoms with Gasteiger partial charge in [-0.2, -0.15) is 11.8 Å². The van der Waals surface area contributed by atoms with Crippen LogP contribution in [0.15, 0.2) is 0 Å². The van der Waals surface area contributed by atoms with Gasteiger partial charge in [-0.1, -0.05) is 6.92 Å². The Morgan fingerprint density at radius 1 is 1.56 bits per heavy atom. The third-order valence-electron chi connectivity index (χ3n) is 2.86. The summed E-state index contributed by atoms with van der Waals surface area (Å²) in [6.07, 6.45) is 4.86. The summed E-state index contributed by atoms with van der Waals surface area (Å²) in [5.74, 6) is 2.66. The van der Waals surface area contributed by atoms with Crippen LogP contribution in [0.3, 0.4) is 0 Å². The maximum Gasteiger partial charge on any atom is 0.229 e. The monoisotopic (exact) mass is 244 g/mol. The van der Waals surface area contributed by atoms with Crippen LogP contribution in [-0.2, 0) is 4.79 Å². The average Bonchev–Trinajstić information content (AvgIpc) is 2.31. The second-order valence-electron chi connectivity index (χ2n) is 4.40. The minimum atomic E-state index is 0.196. The highest BCUT2D eigenvalue weighted by Crippen LogP contribution is 2.12. The smallest absolute Gasteiger partial charge is 0.229 e. The number of thioether (sulfide) groups is 1. The minimum Gasteiger partial charge on any atom is -0.355 e. The van der Waals surface area contributed by atoms with Crippen molar-refractivity contribution in [1.29, 1.82) is 0 Å². The van der Waals surface area contributed by atoms with Gasteiger partial charge < -0.3 is 10.6 Å². The number of carbonyl (C=O) groups is 1. The van der Waals surface area contributed by atoms with Crippen LogP contribution >= 0.6 is 11.8 Å². The topological polar surface area (TPSA) is 41.1 Å². The molecule has 0 spiro atoms. The van der Waals surface area contributed by atoms with Crippen molar-refractivity contribution < 1.29 is 4.79 Å². The molecule has 0 aliphatic carbocycles. The van der Waals surface area contributed by atoms with Gasteiger partial charge in [0, 0.05) is 6.54 Å². The van der Waals surface area contributed by atoms with Crippen LogP contribution in [0.25, 0.3) is 0 Å². The SMILES string of the molecule is CCCSCC(=O)NCCC1CCCNC1. The highest BCUT2D eigenvalue weighted by atomic mass is 32.2. The molecule has 1 heterocycles. The van der Waals surface area contributed by atoms with Crippen molar-refractivity contribution in [2.24, 2.45) is 5.92 Å². The largest absolute Gasteiger partial charge is 0.355 e. The van der Waals surface area contributed by atoms with Gasteiger partial charge in [-0.3, -0.25) is 4.79 Å². The first-order valence-electron chi connectivity index (χ1n) is 6.38. The first-order chi connectivity index (χ1) is 7.83. The number of nitrogens with one attached hydrogen (secondary N) is 2. The molecule has 16 heavy (non-hydrogen) atoms. The van der Waals surface area contributed by atoms with Gasteiger partial charge in [-0.25, -0.2) is 0 Å². The molecule has 0 radical (unpaired) electrons. The maximum atomic E-state index is 11.4. The normalized spacial score (nSPS) is 20.7. The molecule has 0 bridgehead atoms. The molecule has 4 heteroatoms. The number of hydrogen-bond acceptors (Lipinski definition) is 3. The molecule has 1 saturated heterocycles. The van der Waals surface area contributed by atoms with E-state index in [4.69, 9.17) is 0 Å². The molecule has 1 amide bonds.